The Kier molecular flexibility index (Phi) is 6.15. The minimum Gasteiger partial charge on any atom is -0.462 e. The Hall–Kier alpha value is -2.32. The van der Waals surface area contributed by atoms with E-state index in [-0.39, 0.29) is 24.8 Å². The zero-order chi connectivity index (χ0) is 21.3. The molecular weight excluding hydrogens is 420 g/mol. The molecule has 1 aromatic carbocycles. The van der Waals surface area contributed by atoms with Crippen molar-refractivity contribution < 1.29 is 19.1 Å². The van der Waals surface area contributed by atoms with Crippen LogP contribution in [0, 0.1) is 5.92 Å². The molecule has 2 aliphatic rings. The van der Waals surface area contributed by atoms with Crippen molar-refractivity contribution in [1.82, 2.24) is 0 Å². The minimum atomic E-state index is -0.513. The summed E-state index contributed by atoms with van der Waals surface area (Å²) >= 11 is 2.85. The van der Waals surface area contributed by atoms with Crippen LogP contribution in [0.25, 0.3) is 0 Å². The van der Waals surface area contributed by atoms with Gasteiger partial charge in [0, 0.05) is 16.2 Å². The number of anilines is 2. The molecule has 6 nitrogen and oxygen atoms in total. The average Bonchev–Trinajstić information content (AvgIpc) is 3.05. The van der Waals surface area contributed by atoms with Crippen LogP contribution in [0.1, 0.15) is 47.5 Å². The number of para-hydroxylation sites is 1. The normalized spacial score (nSPS) is 20.0. The Labute approximate surface area is 183 Å². The van der Waals surface area contributed by atoms with Crippen molar-refractivity contribution in [3.8, 4) is 0 Å². The number of esters is 1. The number of thioether (sulfide) groups is 1. The van der Waals surface area contributed by atoms with Crippen molar-refractivity contribution in [2.24, 2.45) is 5.92 Å². The van der Waals surface area contributed by atoms with E-state index in [0.29, 0.717) is 16.5 Å². The highest BCUT2D eigenvalue weighted by Gasteiger charge is 2.32. The smallest absolute Gasteiger partial charge is 0.341 e. The molecule has 2 heterocycles. The number of fused-ring (bicyclic) bond motifs is 2. The summed E-state index contributed by atoms with van der Waals surface area (Å²) in [6, 6.07) is 7.54. The lowest BCUT2D eigenvalue weighted by Crippen LogP contribution is -2.32. The van der Waals surface area contributed by atoms with Gasteiger partial charge in [-0.2, -0.15) is 0 Å². The maximum Gasteiger partial charge on any atom is 0.341 e. The fourth-order valence-electron chi connectivity index (χ4n) is 3.83. The number of rotatable bonds is 5. The highest BCUT2D eigenvalue weighted by Crippen LogP contribution is 2.41. The molecule has 0 unspecified atom stereocenters. The number of thiophene rings is 1. The maximum atomic E-state index is 12.8. The molecule has 2 atom stereocenters. The molecule has 1 aliphatic heterocycles. The number of carbonyl (C=O) groups excluding carboxylic acids is 3. The van der Waals surface area contributed by atoms with E-state index in [1.807, 2.05) is 24.3 Å². The number of benzene rings is 1. The molecule has 2 amide bonds. The summed E-state index contributed by atoms with van der Waals surface area (Å²) in [4.78, 5) is 39.9. The molecule has 2 aromatic rings. The van der Waals surface area contributed by atoms with Gasteiger partial charge in [-0.3, -0.25) is 9.59 Å². The van der Waals surface area contributed by atoms with E-state index >= 15 is 0 Å². The summed E-state index contributed by atoms with van der Waals surface area (Å²) in [6.07, 6.45) is 2.77. The molecule has 1 aromatic heterocycles. The van der Waals surface area contributed by atoms with Crippen LogP contribution < -0.4 is 10.6 Å². The monoisotopic (exact) mass is 444 g/mol. The van der Waals surface area contributed by atoms with Crippen LogP contribution in [-0.2, 0) is 27.2 Å². The second kappa shape index (κ2) is 8.81. The summed E-state index contributed by atoms with van der Waals surface area (Å²) in [7, 11) is 0. The van der Waals surface area contributed by atoms with Crippen molar-refractivity contribution >= 4 is 51.6 Å². The predicted octanol–water partition coefficient (Wildman–Crippen LogP) is 4.49. The molecule has 2 N–H and O–H groups in total. The number of amides is 2. The summed E-state index contributed by atoms with van der Waals surface area (Å²) in [6.45, 7) is 4.25. The third-order valence-electron chi connectivity index (χ3n) is 5.32. The van der Waals surface area contributed by atoms with Gasteiger partial charge < -0.3 is 15.4 Å². The van der Waals surface area contributed by atoms with Crippen LogP contribution in [0.15, 0.2) is 29.2 Å². The molecule has 0 fully saturated rings. The van der Waals surface area contributed by atoms with Gasteiger partial charge in [0.25, 0.3) is 0 Å². The molecule has 0 saturated heterocycles. The topological polar surface area (TPSA) is 84.5 Å². The fraction of sp³-hybridized carbons (Fsp3) is 0.409. The van der Waals surface area contributed by atoms with E-state index in [9.17, 15) is 14.4 Å². The number of ether oxygens (including phenoxy) is 1. The van der Waals surface area contributed by atoms with Gasteiger partial charge in [0.2, 0.25) is 11.8 Å². The van der Waals surface area contributed by atoms with Crippen molar-refractivity contribution in [2.75, 3.05) is 17.2 Å². The maximum absolute atomic E-state index is 12.8. The lowest BCUT2D eigenvalue weighted by atomic mass is 9.88. The second-order valence-electron chi connectivity index (χ2n) is 7.62. The van der Waals surface area contributed by atoms with Gasteiger partial charge in [0.05, 0.1) is 23.1 Å². The molecule has 158 valence electrons. The summed E-state index contributed by atoms with van der Waals surface area (Å²) < 4.78 is 5.26. The van der Waals surface area contributed by atoms with Crippen molar-refractivity contribution in [1.29, 1.82) is 0 Å². The predicted molar refractivity (Wildman–Crippen MR) is 119 cm³/mol. The minimum absolute atomic E-state index is 0.0338. The first-order valence-corrected chi connectivity index (χ1v) is 11.8. The van der Waals surface area contributed by atoms with E-state index in [2.05, 4.69) is 17.6 Å². The largest absolute Gasteiger partial charge is 0.462 e. The van der Waals surface area contributed by atoms with Crippen molar-refractivity contribution in [2.45, 2.75) is 49.7 Å². The third-order valence-corrected chi connectivity index (χ3v) is 7.77. The van der Waals surface area contributed by atoms with Crippen molar-refractivity contribution in [3.63, 3.8) is 0 Å². The van der Waals surface area contributed by atoms with Crippen LogP contribution >= 0.6 is 23.1 Å². The Morgan fingerprint density at radius 3 is 2.90 bits per heavy atom. The van der Waals surface area contributed by atoms with Crippen LogP contribution in [0.2, 0.25) is 0 Å². The summed E-state index contributed by atoms with van der Waals surface area (Å²) in [5, 5.41) is 5.79. The molecular formula is C22H24N2O4S2. The van der Waals surface area contributed by atoms with Crippen LogP contribution in [-0.4, -0.2) is 29.6 Å². The summed E-state index contributed by atoms with van der Waals surface area (Å²) in [5.41, 5.74) is 2.27. The molecule has 0 radical (unpaired) electrons. The van der Waals surface area contributed by atoms with Crippen LogP contribution in [0.3, 0.4) is 0 Å². The first-order chi connectivity index (χ1) is 14.5. The second-order valence-corrected chi connectivity index (χ2v) is 9.97. The van der Waals surface area contributed by atoms with Crippen LogP contribution in [0.5, 0.6) is 0 Å². The number of hydrogen-bond donors (Lipinski definition) is 2. The Bertz CT molecular complexity index is 1000. The van der Waals surface area contributed by atoms with Gasteiger partial charge in [-0.15, -0.1) is 23.1 Å². The Morgan fingerprint density at radius 1 is 1.30 bits per heavy atom. The average molecular weight is 445 g/mol. The molecule has 0 spiro atoms. The lowest BCUT2D eigenvalue weighted by Gasteiger charge is -2.23. The zero-order valence-corrected chi connectivity index (χ0v) is 18.6. The number of hydrogen-bond acceptors (Lipinski definition) is 6. The van der Waals surface area contributed by atoms with Gasteiger partial charge in [0.1, 0.15) is 5.00 Å². The van der Waals surface area contributed by atoms with Gasteiger partial charge in [-0.25, -0.2) is 4.79 Å². The highest BCUT2D eigenvalue weighted by molar-refractivity contribution is 8.01. The highest BCUT2D eigenvalue weighted by atomic mass is 32.2. The Morgan fingerprint density at radius 2 is 2.10 bits per heavy atom. The van der Waals surface area contributed by atoms with E-state index in [0.717, 1.165) is 40.3 Å². The molecule has 0 bridgehead atoms. The lowest BCUT2D eigenvalue weighted by molar-refractivity contribution is -0.120. The van der Waals surface area contributed by atoms with Gasteiger partial charge in [-0.1, -0.05) is 19.1 Å². The first kappa shape index (κ1) is 20.9. The molecule has 30 heavy (non-hydrogen) atoms. The van der Waals surface area contributed by atoms with E-state index in [1.165, 1.54) is 23.1 Å². The molecule has 8 heteroatoms. The zero-order valence-electron chi connectivity index (χ0n) is 16.9. The molecule has 1 aliphatic carbocycles. The van der Waals surface area contributed by atoms with Crippen molar-refractivity contribution in [3.05, 3.63) is 40.3 Å². The van der Waals surface area contributed by atoms with Gasteiger partial charge in [0.15, 0.2) is 0 Å². The summed E-state index contributed by atoms with van der Waals surface area (Å²) in [5.74, 6) is -0.297. The van der Waals surface area contributed by atoms with E-state index in [4.69, 9.17) is 4.74 Å². The third kappa shape index (κ3) is 4.25. The van der Waals surface area contributed by atoms with Gasteiger partial charge in [-0.05, 0) is 49.8 Å². The SMILES string of the molecule is CCOC(=O)c1c(NC(=O)C[C@H]2Sc3ccccc3NC2=O)sc2c1CC[C@@H](C)C2. The molecule has 0 saturated carbocycles. The first-order valence-electron chi connectivity index (χ1n) is 10.1. The van der Waals surface area contributed by atoms with Crippen LogP contribution in [0.4, 0.5) is 10.7 Å². The number of carbonyl (C=O) groups is 3. The van der Waals surface area contributed by atoms with E-state index < -0.39 is 11.2 Å². The number of nitrogens with one attached hydrogen (secondary N) is 2. The Balaban J connectivity index is 1.52. The standard InChI is InChI=1S/C22H24N2O4S2/c1-3-28-22(27)19-13-9-8-12(2)10-16(13)30-21(19)24-18(25)11-17-20(26)23-14-6-4-5-7-15(14)29-17/h4-7,12,17H,3,8-11H2,1-2H3,(H,23,26)(H,24,25)/t12-,17-/m1/s1. The van der Waals surface area contributed by atoms with E-state index in [1.54, 1.807) is 6.92 Å². The fourth-order valence-corrected chi connectivity index (χ4v) is 6.36. The molecule has 4 rings (SSSR count). The van der Waals surface area contributed by atoms with Gasteiger partial charge >= 0.3 is 5.97 Å². The quantitative estimate of drug-likeness (QED) is 0.664.